The van der Waals surface area contributed by atoms with E-state index < -0.39 is 28.2 Å². The van der Waals surface area contributed by atoms with E-state index in [-0.39, 0.29) is 28.5 Å². The maximum Gasteiger partial charge on any atom is 0.339 e. The van der Waals surface area contributed by atoms with E-state index in [0.717, 1.165) is 6.07 Å². The molecule has 31 heavy (non-hydrogen) atoms. The summed E-state index contributed by atoms with van der Waals surface area (Å²) in [7, 11) is 1.28. The Balaban J connectivity index is 2.08. The molecule has 0 heterocycles. The highest BCUT2D eigenvalue weighted by Crippen LogP contribution is 2.28. The van der Waals surface area contributed by atoms with E-state index in [9.17, 15) is 24.5 Å². The summed E-state index contributed by atoms with van der Waals surface area (Å²) in [6, 6.07) is 9.83. The van der Waals surface area contributed by atoms with Crippen LogP contribution in [0.4, 0.5) is 11.4 Å². The monoisotopic (exact) mass is 428 g/mol. The van der Waals surface area contributed by atoms with Gasteiger partial charge in [0, 0.05) is 22.7 Å². The molecule has 9 heteroatoms. The number of hydrogen-bond acceptors (Lipinski definition) is 7. The molecule has 0 saturated carbocycles. The maximum absolute atomic E-state index is 12.6. The molecule has 0 aromatic heterocycles. The molecule has 0 radical (unpaired) electrons. The molecule has 0 aliphatic carbocycles. The fourth-order valence-corrected chi connectivity index (χ4v) is 2.51. The first-order chi connectivity index (χ1) is 14.4. The Kier molecular flexibility index (Phi) is 7.12. The topological polar surface area (TPSA) is 125 Å². The van der Waals surface area contributed by atoms with Crippen molar-refractivity contribution in [3.8, 4) is 5.75 Å². The number of esters is 1. The van der Waals surface area contributed by atoms with E-state index in [0.29, 0.717) is 5.69 Å². The number of hydrogen-bond donors (Lipinski definition) is 1. The van der Waals surface area contributed by atoms with E-state index in [1.54, 1.807) is 32.9 Å². The SMILES string of the molecule is COc1ccc(C(=O)OC(C)C(=O)c2ccc(NC(=O)C(C)(C)C)cc2)cc1[N+](=O)[O-]. The van der Waals surface area contributed by atoms with Crippen LogP contribution < -0.4 is 10.1 Å². The summed E-state index contributed by atoms with van der Waals surface area (Å²) in [5, 5.41) is 13.9. The van der Waals surface area contributed by atoms with Crippen molar-refractivity contribution in [2.24, 2.45) is 5.41 Å². The van der Waals surface area contributed by atoms with Gasteiger partial charge < -0.3 is 14.8 Å². The molecule has 1 unspecified atom stereocenters. The predicted octanol–water partition coefficient (Wildman–Crippen LogP) is 4.02. The molecular formula is C22H24N2O7. The van der Waals surface area contributed by atoms with Gasteiger partial charge in [0.1, 0.15) is 0 Å². The number of nitrogens with one attached hydrogen (secondary N) is 1. The first-order valence-electron chi connectivity index (χ1n) is 9.43. The van der Waals surface area contributed by atoms with Gasteiger partial charge in [-0.15, -0.1) is 0 Å². The Bertz CT molecular complexity index is 1010. The van der Waals surface area contributed by atoms with E-state index in [1.807, 2.05) is 0 Å². The van der Waals surface area contributed by atoms with Gasteiger partial charge in [-0.05, 0) is 43.3 Å². The largest absolute Gasteiger partial charge is 0.490 e. The zero-order valence-electron chi connectivity index (χ0n) is 17.9. The molecule has 0 bridgehead atoms. The molecule has 1 N–H and O–H groups in total. The molecule has 0 fully saturated rings. The molecule has 1 amide bonds. The third kappa shape index (κ3) is 5.88. The minimum atomic E-state index is -1.12. The molecule has 2 aromatic carbocycles. The highest BCUT2D eigenvalue weighted by Gasteiger charge is 2.24. The first-order valence-corrected chi connectivity index (χ1v) is 9.43. The number of ketones is 1. The van der Waals surface area contributed by atoms with Crippen LogP contribution in [0.3, 0.4) is 0 Å². The van der Waals surface area contributed by atoms with Gasteiger partial charge in [-0.3, -0.25) is 19.7 Å². The Labute approximate surface area is 179 Å². The second-order valence-electron chi connectivity index (χ2n) is 7.84. The fraction of sp³-hybridized carbons (Fsp3) is 0.318. The molecule has 0 aliphatic rings. The summed E-state index contributed by atoms with van der Waals surface area (Å²) in [6.07, 6.45) is -1.12. The van der Waals surface area contributed by atoms with Crippen LogP contribution in [-0.2, 0) is 9.53 Å². The summed E-state index contributed by atoms with van der Waals surface area (Å²) in [6.45, 7) is 6.77. The second kappa shape index (κ2) is 9.38. The number of nitro benzene ring substituents is 1. The molecule has 0 aliphatic heterocycles. The first kappa shape index (κ1) is 23.5. The number of ether oxygens (including phenoxy) is 2. The van der Waals surface area contributed by atoms with Crippen molar-refractivity contribution < 1.29 is 28.8 Å². The zero-order valence-corrected chi connectivity index (χ0v) is 17.9. The normalized spacial score (nSPS) is 11.9. The Morgan fingerprint density at radius 2 is 1.61 bits per heavy atom. The Morgan fingerprint density at radius 3 is 2.13 bits per heavy atom. The second-order valence-corrected chi connectivity index (χ2v) is 7.84. The van der Waals surface area contributed by atoms with Gasteiger partial charge in [0.2, 0.25) is 11.7 Å². The van der Waals surface area contributed by atoms with Crippen molar-refractivity contribution in [3.05, 3.63) is 63.7 Å². The molecule has 2 aromatic rings. The standard InChI is InChI=1S/C22H24N2O7/c1-13(31-20(26)15-8-11-18(30-5)17(12-15)24(28)29)19(25)14-6-9-16(10-7-14)23-21(27)22(2,3)4/h6-13H,1-5H3,(H,23,27). The minimum Gasteiger partial charge on any atom is -0.490 e. The number of anilines is 1. The number of methoxy groups -OCH3 is 1. The van der Waals surface area contributed by atoms with Crippen molar-refractivity contribution in [1.82, 2.24) is 0 Å². The lowest BCUT2D eigenvalue weighted by Crippen LogP contribution is -2.27. The van der Waals surface area contributed by atoms with E-state index in [2.05, 4.69) is 5.32 Å². The van der Waals surface area contributed by atoms with Gasteiger partial charge in [-0.1, -0.05) is 20.8 Å². The predicted molar refractivity (Wildman–Crippen MR) is 113 cm³/mol. The average molecular weight is 428 g/mol. The quantitative estimate of drug-likeness (QED) is 0.306. The highest BCUT2D eigenvalue weighted by atomic mass is 16.6. The summed E-state index contributed by atoms with van der Waals surface area (Å²) in [5.41, 5.74) is -0.203. The van der Waals surface area contributed by atoms with Crippen molar-refractivity contribution in [1.29, 1.82) is 0 Å². The van der Waals surface area contributed by atoms with Crippen LogP contribution in [0, 0.1) is 15.5 Å². The number of carbonyl (C=O) groups excluding carboxylic acids is 3. The summed E-state index contributed by atoms with van der Waals surface area (Å²) in [5.74, 6) is -1.49. The fourth-order valence-electron chi connectivity index (χ4n) is 2.51. The van der Waals surface area contributed by atoms with E-state index in [4.69, 9.17) is 9.47 Å². The number of nitro groups is 1. The Hall–Kier alpha value is -3.75. The lowest BCUT2D eigenvalue weighted by Gasteiger charge is -2.18. The van der Waals surface area contributed by atoms with Gasteiger partial charge in [0.15, 0.2) is 11.9 Å². The highest BCUT2D eigenvalue weighted by molar-refractivity contribution is 6.02. The van der Waals surface area contributed by atoms with Crippen LogP contribution in [0.15, 0.2) is 42.5 Å². The smallest absolute Gasteiger partial charge is 0.339 e. The molecular weight excluding hydrogens is 404 g/mol. The number of carbonyl (C=O) groups is 3. The Morgan fingerprint density at radius 1 is 1.03 bits per heavy atom. The van der Waals surface area contributed by atoms with Crippen molar-refractivity contribution in [2.45, 2.75) is 33.8 Å². The maximum atomic E-state index is 12.6. The molecule has 2 rings (SSSR count). The molecule has 0 saturated heterocycles. The van der Waals surface area contributed by atoms with Gasteiger partial charge >= 0.3 is 11.7 Å². The molecule has 164 valence electrons. The summed E-state index contributed by atoms with van der Waals surface area (Å²) >= 11 is 0. The number of amides is 1. The minimum absolute atomic E-state index is 0.00400. The van der Waals surface area contributed by atoms with Crippen LogP contribution in [0.1, 0.15) is 48.4 Å². The van der Waals surface area contributed by atoms with Gasteiger partial charge in [0.25, 0.3) is 0 Å². The summed E-state index contributed by atoms with van der Waals surface area (Å²) in [4.78, 5) is 47.4. The third-order valence-corrected chi connectivity index (χ3v) is 4.37. The van der Waals surface area contributed by atoms with Gasteiger partial charge in [0.05, 0.1) is 17.6 Å². The van der Waals surface area contributed by atoms with Crippen LogP contribution >= 0.6 is 0 Å². The van der Waals surface area contributed by atoms with Crippen molar-refractivity contribution in [3.63, 3.8) is 0 Å². The van der Waals surface area contributed by atoms with Crippen LogP contribution in [0.25, 0.3) is 0 Å². The van der Waals surface area contributed by atoms with Crippen molar-refractivity contribution >= 4 is 29.0 Å². The van der Waals surface area contributed by atoms with Gasteiger partial charge in [-0.25, -0.2) is 4.79 Å². The number of rotatable bonds is 7. The number of Topliss-reactive ketones (excluding diaryl/α,β-unsaturated/α-hetero) is 1. The van der Waals surface area contributed by atoms with Crippen molar-refractivity contribution in [2.75, 3.05) is 12.4 Å². The zero-order chi connectivity index (χ0) is 23.3. The lowest BCUT2D eigenvalue weighted by molar-refractivity contribution is -0.385. The molecule has 1 atom stereocenters. The summed E-state index contributed by atoms with van der Waals surface area (Å²) < 4.78 is 10.1. The van der Waals surface area contributed by atoms with Crippen LogP contribution in [-0.4, -0.2) is 35.8 Å². The van der Waals surface area contributed by atoms with Crippen LogP contribution in [0.2, 0.25) is 0 Å². The molecule has 0 spiro atoms. The van der Waals surface area contributed by atoms with E-state index in [1.165, 1.54) is 38.3 Å². The molecule has 9 nitrogen and oxygen atoms in total. The third-order valence-electron chi connectivity index (χ3n) is 4.37. The average Bonchev–Trinajstić information content (AvgIpc) is 2.72. The van der Waals surface area contributed by atoms with Crippen LogP contribution in [0.5, 0.6) is 5.75 Å². The lowest BCUT2D eigenvalue weighted by atomic mass is 9.95. The van der Waals surface area contributed by atoms with Gasteiger partial charge in [-0.2, -0.15) is 0 Å². The van der Waals surface area contributed by atoms with E-state index >= 15 is 0 Å². The number of benzene rings is 2. The number of nitrogens with zero attached hydrogens (tertiary/aromatic N) is 1.